The molecule has 1 heterocycles. The molecule has 0 bridgehead atoms. The molecule has 1 fully saturated rings. The first-order valence-electron chi connectivity index (χ1n) is 6.56. The Morgan fingerprint density at radius 3 is 2.85 bits per heavy atom. The summed E-state index contributed by atoms with van der Waals surface area (Å²) in [5, 5.41) is 12.0. The minimum absolute atomic E-state index is 0.157. The van der Waals surface area contributed by atoms with Crippen LogP contribution < -0.4 is 5.32 Å². The van der Waals surface area contributed by atoms with Gasteiger partial charge < -0.3 is 15.3 Å². The Morgan fingerprint density at radius 2 is 2.10 bits per heavy atom. The van der Waals surface area contributed by atoms with Crippen LogP contribution in [0.25, 0.3) is 0 Å². The number of amides is 2. The lowest BCUT2D eigenvalue weighted by Crippen LogP contribution is -2.36. The zero-order chi connectivity index (χ0) is 14.5. The smallest absolute Gasteiger partial charge is 0.338 e. The third-order valence-corrected chi connectivity index (χ3v) is 4.29. The Morgan fingerprint density at radius 1 is 1.30 bits per heavy atom. The fourth-order valence-electron chi connectivity index (χ4n) is 2.20. The Balaban J connectivity index is 2.15. The average Bonchev–Trinajstić information content (AvgIpc) is 2.67. The molecule has 0 unspecified atom stereocenters. The van der Waals surface area contributed by atoms with Crippen molar-refractivity contribution < 1.29 is 14.7 Å². The second kappa shape index (κ2) is 6.65. The van der Waals surface area contributed by atoms with E-state index in [1.807, 2.05) is 11.8 Å². The van der Waals surface area contributed by atoms with E-state index >= 15 is 0 Å². The lowest BCUT2D eigenvalue weighted by Gasteiger charge is -2.21. The van der Waals surface area contributed by atoms with Crippen LogP contribution in [0.3, 0.4) is 0 Å². The third-order valence-electron chi connectivity index (χ3n) is 3.24. The van der Waals surface area contributed by atoms with Gasteiger partial charge in [-0.05, 0) is 30.7 Å². The van der Waals surface area contributed by atoms with Crippen LogP contribution in [0.5, 0.6) is 0 Å². The highest BCUT2D eigenvalue weighted by molar-refractivity contribution is 7.99. The van der Waals surface area contributed by atoms with Crippen molar-refractivity contribution in [3.8, 4) is 0 Å². The van der Waals surface area contributed by atoms with Crippen molar-refractivity contribution in [1.82, 2.24) is 4.90 Å². The molecule has 2 N–H and O–H groups in total. The molecular formula is C14H18N2O3S. The van der Waals surface area contributed by atoms with Gasteiger partial charge in [0, 0.05) is 18.8 Å². The molecule has 1 aliphatic heterocycles. The molecule has 6 heteroatoms. The molecule has 108 valence electrons. The van der Waals surface area contributed by atoms with Crippen molar-refractivity contribution in [2.45, 2.75) is 13.3 Å². The van der Waals surface area contributed by atoms with E-state index in [1.165, 1.54) is 0 Å². The third kappa shape index (κ3) is 3.45. The number of carboxylic acids is 1. The molecule has 1 aromatic rings. The number of thioether (sulfide) groups is 1. The monoisotopic (exact) mass is 294 g/mol. The molecule has 0 spiro atoms. The second-order valence-electron chi connectivity index (χ2n) is 4.69. The number of anilines is 1. The number of hydrogen-bond donors (Lipinski definition) is 2. The zero-order valence-electron chi connectivity index (χ0n) is 11.4. The molecule has 2 amide bonds. The SMILES string of the molecule is Cc1cccc(NC(=O)N2CCCSCC2)c1C(=O)O. The van der Waals surface area contributed by atoms with Gasteiger partial charge in [0.1, 0.15) is 0 Å². The summed E-state index contributed by atoms with van der Waals surface area (Å²) in [4.78, 5) is 25.3. The fraction of sp³-hybridized carbons (Fsp3) is 0.429. The molecule has 20 heavy (non-hydrogen) atoms. The van der Waals surface area contributed by atoms with Gasteiger partial charge in [0.25, 0.3) is 0 Å². The molecule has 0 aliphatic carbocycles. The summed E-state index contributed by atoms with van der Waals surface area (Å²) in [5.74, 6) is 0.964. The molecule has 0 atom stereocenters. The number of aromatic carboxylic acids is 1. The quantitative estimate of drug-likeness (QED) is 0.880. The summed E-state index contributed by atoms with van der Waals surface area (Å²) in [6.07, 6.45) is 0.970. The van der Waals surface area contributed by atoms with Gasteiger partial charge in [-0.3, -0.25) is 0 Å². The number of carboxylic acid groups (broad SMARTS) is 1. The maximum absolute atomic E-state index is 12.2. The van der Waals surface area contributed by atoms with Crippen LogP contribution in [-0.2, 0) is 0 Å². The first kappa shape index (κ1) is 14.7. The Labute approximate surface area is 122 Å². The van der Waals surface area contributed by atoms with Crippen molar-refractivity contribution in [1.29, 1.82) is 0 Å². The van der Waals surface area contributed by atoms with Crippen LogP contribution in [0.1, 0.15) is 22.3 Å². The number of urea groups is 1. The minimum atomic E-state index is -1.02. The Bertz CT molecular complexity index is 511. The number of nitrogens with one attached hydrogen (secondary N) is 1. The van der Waals surface area contributed by atoms with Crippen LogP contribution in [0.4, 0.5) is 10.5 Å². The summed E-state index contributed by atoms with van der Waals surface area (Å²) >= 11 is 1.84. The highest BCUT2D eigenvalue weighted by Crippen LogP contribution is 2.20. The number of carbonyl (C=O) groups is 2. The van der Waals surface area contributed by atoms with E-state index in [1.54, 1.807) is 30.0 Å². The highest BCUT2D eigenvalue weighted by atomic mass is 32.2. The van der Waals surface area contributed by atoms with Gasteiger partial charge >= 0.3 is 12.0 Å². The molecular weight excluding hydrogens is 276 g/mol. The van der Waals surface area contributed by atoms with Gasteiger partial charge in [-0.2, -0.15) is 11.8 Å². The largest absolute Gasteiger partial charge is 0.478 e. The molecule has 1 aliphatic rings. The molecule has 0 saturated carbocycles. The molecule has 2 rings (SSSR count). The predicted molar refractivity (Wildman–Crippen MR) is 80.7 cm³/mol. The summed E-state index contributed by atoms with van der Waals surface area (Å²) in [6.45, 7) is 3.14. The van der Waals surface area contributed by atoms with Gasteiger partial charge in [-0.25, -0.2) is 9.59 Å². The number of hydrogen-bond acceptors (Lipinski definition) is 3. The zero-order valence-corrected chi connectivity index (χ0v) is 12.2. The lowest BCUT2D eigenvalue weighted by molar-refractivity contribution is 0.0697. The van der Waals surface area contributed by atoms with E-state index < -0.39 is 5.97 Å². The fourth-order valence-corrected chi connectivity index (χ4v) is 3.09. The second-order valence-corrected chi connectivity index (χ2v) is 5.91. The average molecular weight is 294 g/mol. The van der Waals surface area contributed by atoms with Crippen molar-refractivity contribution in [3.05, 3.63) is 29.3 Å². The minimum Gasteiger partial charge on any atom is -0.478 e. The standard InChI is InChI=1S/C14H18N2O3S/c1-10-4-2-5-11(12(10)13(17)18)15-14(19)16-6-3-8-20-9-7-16/h2,4-5H,3,6-9H2,1H3,(H,15,19)(H,17,18). The topological polar surface area (TPSA) is 69.6 Å². The first-order valence-corrected chi connectivity index (χ1v) is 7.71. The number of rotatable bonds is 2. The van der Waals surface area contributed by atoms with Gasteiger partial charge in [0.15, 0.2) is 0 Å². The van der Waals surface area contributed by atoms with E-state index in [9.17, 15) is 14.7 Å². The van der Waals surface area contributed by atoms with E-state index in [0.29, 0.717) is 24.3 Å². The van der Waals surface area contributed by atoms with Crippen molar-refractivity contribution in [3.63, 3.8) is 0 Å². The van der Waals surface area contributed by atoms with Gasteiger partial charge in [0.05, 0.1) is 11.3 Å². The van der Waals surface area contributed by atoms with Crippen molar-refractivity contribution >= 4 is 29.4 Å². The van der Waals surface area contributed by atoms with Crippen molar-refractivity contribution in [2.24, 2.45) is 0 Å². The van der Waals surface area contributed by atoms with E-state index in [4.69, 9.17) is 0 Å². The predicted octanol–water partition coefficient (Wildman–Crippen LogP) is 2.66. The number of carbonyl (C=O) groups excluding carboxylic acids is 1. The normalized spacial score (nSPS) is 15.6. The lowest BCUT2D eigenvalue weighted by atomic mass is 10.1. The maximum Gasteiger partial charge on any atom is 0.338 e. The molecule has 1 aromatic carbocycles. The van der Waals surface area contributed by atoms with Crippen LogP contribution in [0, 0.1) is 6.92 Å². The van der Waals surface area contributed by atoms with Crippen molar-refractivity contribution in [2.75, 3.05) is 29.9 Å². The van der Waals surface area contributed by atoms with Gasteiger partial charge in [-0.15, -0.1) is 0 Å². The summed E-state index contributed by atoms with van der Waals surface area (Å²) in [5.41, 5.74) is 1.16. The summed E-state index contributed by atoms with van der Waals surface area (Å²) in [7, 11) is 0. The van der Waals surface area contributed by atoms with Crippen LogP contribution in [0.15, 0.2) is 18.2 Å². The molecule has 1 saturated heterocycles. The van der Waals surface area contributed by atoms with E-state index in [0.717, 1.165) is 17.9 Å². The van der Waals surface area contributed by atoms with Crippen LogP contribution in [-0.4, -0.2) is 46.6 Å². The van der Waals surface area contributed by atoms with E-state index in [-0.39, 0.29) is 11.6 Å². The van der Waals surface area contributed by atoms with Crippen LogP contribution in [0.2, 0.25) is 0 Å². The van der Waals surface area contributed by atoms with E-state index in [2.05, 4.69) is 5.32 Å². The first-order chi connectivity index (χ1) is 9.59. The number of aryl methyl sites for hydroxylation is 1. The summed E-state index contributed by atoms with van der Waals surface area (Å²) < 4.78 is 0. The number of benzene rings is 1. The highest BCUT2D eigenvalue weighted by Gasteiger charge is 2.19. The Hall–Kier alpha value is -1.69. The summed E-state index contributed by atoms with van der Waals surface area (Å²) in [6, 6.07) is 4.87. The molecule has 0 aromatic heterocycles. The molecule has 0 radical (unpaired) electrons. The van der Waals surface area contributed by atoms with Crippen LogP contribution >= 0.6 is 11.8 Å². The number of nitrogens with zero attached hydrogens (tertiary/aromatic N) is 1. The van der Waals surface area contributed by atoms with Gasteiger partial charge in [0.2, 0.25) is 0 Å². The maximum atomic E-state index is 12.2. The Kier molecular flexibility index (Phi) is 4.89. The van der Waals surface area contributed by atoms with Gasteiger partial charge in [-0.1, -0.05) is 12.1 Å². The molecule has 5 nitrogen and oxygen atoms in total.